The molecule has 4 rings (SSSR count). The van der Waals surface area contributed by atoms with Crippen molar-refractivity contribution in [2.75, 3.05) is 5.84 Å². The molecular formula is C16H13N5OS2. The van der Waals surface area contributed by atoms with Crippen LogP contribution >= 0.6 is 23.1 Å². The summed E-state index contributed by atoms with van der Waals surface area (Å²) in [6.07, 6.45) is 1.73. The van der Waals surface area contributed by atoms with Crippen molar-refractivity contribution in [2.24, 2.45) is 0 Å². The standard InChI is InChI=1S/C16H13N5OS2/c17-21-15(13-7-4-8-23-13)19-20-16(21)24-10-14-18-9-12(22-14)11-5-2-1-3-6-11/h1-9H,10,17H2. The largest absolute Gasteiger partial charge is 0.440 e. The summed E-state index contributed by atoms with van der Waals surface area (Å²) in [4.78, 5) is 5.30. The van der Waals surface area contributed by atoms with Gasteiger partial charge in [0.15, 0.2) is 11.6 Å². The van der Waals surface area contributed by atoms with Crippen molar-refractivity contribution in [1.29, 1.82) is 0 Å². The number of hydrogen-bond acceptors (Lipinski definition) is 7. The van der Waals surface area contributed by atoms with Crippen LogP contribution in [0.1, 0.15) is 5.89 Å². The number of nitrogens with two attached hydrogens (primary N) is 1. The van der Waals surface area contributed by atoms with Crippen LogP contribution in [-0.2, 0) is 5.75 Å². The van der Waals surface area contributed by atoms with Gasteiger partial charge in [0.25, 0.3) is 0 Å². The second-order valence-electron chi connectivity index (χ2n) is 4.93. The van der Waals surface area contributed by atoms with Crippen LogP contribution in [0.5, 0.6) is 0 Å². The molecule has 0 bridgehead atoms. The molecule has 0 saturated heterocycles. The van der Waals surface area contributed by atoms with E-state index in [-0.39, 0.29) is 0 Å². The second kappa shape index (κ2) is 6.50. The normalized spacial score (nSPS) is 11.0. The number of thiophene rings is 1. The van der Waals surface area contributed by atoms with E-state index in [1.807, 2.05) is 47.8 Å². The van der Waals surface area contributed by atoms with E-state index in [4.69, 9.17) is 10.3 Å². The first kappa shape index (κ1) is 15.0. The Hall–Kier alpha value is -2.58. The molecule has 0 atom stereocenters. The first-order chi connectivity index (χ1) is 11.8. The molecule has 120 valence electrons. The molecule has 0 amide bonds. The quantitative estimate of drug-likeness (QED) is 0.434. The molecule has 8 heteroatoms. The predicted octanol–water partition coefficient (Wildman–Crippen LogP) is 3.67. The highest BCUT2D eigenvalue weighted by Gasteiger charge is 2.14. The molecule has 3 aromatic heterocycles. The molecule has 0 aliphatic carbocycles. The van der Waals surface area contributed by atoms with E-state index in [0.717, 1.165) is 16.2 Å². The Kier molecular flexibility index (Phi) is 4.06. The van der Waals surface area contributed by atoms with Gasteiger partial charge in [0.05, 0.1) is 16.8 Å². The summed E-state index contributed by atoms with van der Waals surface area (Å²) < 4.78 is 7.28. The lowest BCUT2D eigenvalue weighted by Gasteiger charge is -2.00. The van der Waals surface area contributed by atoms with Crippen LogP contribution in [0, 0.1) is 0 Å². The Morgan fingerprint density at radius 3 is 2.79 bits per heavy atom. The Morgan fingerprint density at radius 1 is 1.12 bits per heavy atom. The highest BCUT2D eigenvalue weighted by molar-refractivity contribution is 7.98. The molecule has 6 nitrogen and oxygen atoms in total. The van der Waals surface area contributed by atoms with Gasteiger partial charge in [-0.05, 0) is 11.4 Å². The molecule has 0 aliphatic heterocycles. The van der Waals surface area contributed by atoms with Gasteiger partial charge in [0, 0.05) is 5.56 Å². The Balaban J connectivity index is 1.47. The van der Waals surface area contributed by atoms with E-state index < -0.39 is 0 Å². The lowest BCUT2D eigenvalue weighted by atomic mass is 10.2. The van der Waals surface area contributed by atoms with E-state index in [0.29, 0.717) is 22.6 Å². The number of benzene rings is 1. The van der Waals surface area contributed by atoms with Gasteiger partial charge < -0.3 is 10.3 Å². The Labute approximate surface area is 146 Å². The van der Waals surface area contributed by atoms with Gasteiger partial charge in [0.1, 0.15) is 0 Å². The summed E-state index contributed by atoms with van der Waals surface area (Å²) in [7, 11) is 0. The van der Waals surface area contributed by atoms with Crippen LogP contribution in [0.2, 0.25) is 0 Å². The second-order valence-corrected chi connectivity index (χ2v) is 6.82. The van der Waals surface area contributed by atoms with Gasteiger partial charge in [-0.15, -0.1) is 21.5 Å². The maximum atomic E-state index is 6.08. The van der Waals surface area contributed by atoms with Crippen LogP contribution in [0.3, 0.4) is 0 Å². The summed E-state index contributed by atoms with van der Waals surface area (Å²) in [6.45, 7) is 0. The van der Waals surface area contributed by atoms with Gasteiger partial charge in [0.2, 0.25) is 11.0 Å². The molecule has 1 aromatic carbocycles. The monoisotopic (exact) mass is 355 g/mol. The minimum Gasteiger partial charge on any atom is -0.440 e. The third-order valence-electron chi connectivity index (χ3n) is 3.34. The number of rotatable bonds is 5. The number of hydrogen-bond donors (Lipinski definition) is 1. The summed E-state index contributed by atoms with van der Waals surface area (Å²) in [5.41, 5.74) is 1.00. The fourth-order valence-electron chi connectivity index (χ4n) is 2.19. The van der Waals surface area contributed by atoms with Gasteiger partial charge in [-0.2, -0.15) is 0 Å². The fourth-order valence-corrected chi connectivity index (χ4v) is 3.60. The zero-order chi connectivity index (χ0) is 16.4. The third-order valence-corrected chi connectivity index (χ3v) is 5.14. The maximum absolute atomic E-state index is 6.08. The lowest BCUT2D eigenvalue weighted by Crippen LogP contribution is -2.11. The summed E-state index contributed by atoms with van der Waals surface area (Å²) in [5, 5.41) is 10.9. The maximum Gasteiger partial charge on any atom is 0.210 e. The number of thioether (sulfide) groups is 1. The molecule has 0 saturated carbocycles. The molecule has 3 heterocycles. The van der Waals surface area contributed by atoms with Crippen molar-refractivity contribution in [2.45, 2.75) is 10.9 Å². The molecule has 24 heavy (non-hydrogen) atoms. The first-order valence-electron chi connectivity index (χ1n) is 7.18. The SMILES string of the molecule is Nn1c(SCc2ncc(-c3ccccc3)o2)nnc1-c1cccs1. The van der Waals surface area contributed by atoms with Crippen LogP contribution in [0.15, 0.2) is 63.6 Å². The highest BCUT2D eigenvalue weighted by atomic mass is 32.2. The molecule has 2 N–H and O–H groups in total. The van der Waals surface area contributed by atoms with Crippen molar-refractivity contribution in [3.05, 3.63) is 59.9 Å². The zero-order valence-electron chi connectivity index (χ0n) is 12.5. The Morgan fingerprint density at radius 2 is 2.00 bits per heavy atom. The molecule has 4 aromatic rings. The Bertz CT molecular complexity index is 931. The number of oxazole rings is 1. The smallest absolute Gasteiger partial charge is 0.210 e. The van der Waals surface area contributed by atoms with E-state index in [1.165, 1.54) is 16.4 Å². The van der Waals surface area contributed by atoms with Crippen molar-refractivity contribution < 1.29 is 4.42 Å². The summed E-state index contributed by atoms with van der Waals surface area (Å²) >= 11 is 3.01. The molecule has 0 spiro atoms. The van der Waals surface area contributed by atoms with Gasteiger partial charge >= 0.3 is 0 Å². The molecule has 0 aliphatic rings. The average Bonchev–Trinajstić information content (AvgIpc) is 3.35. The van der Waals surface area contributed by atoms with Crippen LogP contribution in [-0.4, -0.2) is 19.9 Å². The van der Waals surface area contributed by atoms with Crippen molar-refractivity contribution in [3.63, 3.8) is 0 Å². The number of nitrogens with zero attached hydrogens (tertiary/aromatic N) is 4. The van der Waals surface area contributed by atoms with Crippen LogP contribution in [0.4, 0.5) is 0 Å². The molecule has 0 unspecified atom stereocenters. The first-order valence-corrected chi connectivity index (χ1v) is 9.05. The minimum absolute atomic E-state index is 0.534. The van der Waals surface area contributed by atoms with Gasteiger partial charge in [-0.3, -0.25) is 0 Å². The average molecular weight is 355 g/mol. The fraction of sp³-hybridized carbons (Fsp3) is 0.0625. The number of nitrogen functional groups attached to an aromatic ring is 1. The molecule has 0 fully saturated rings. The van der Waals surface area contributed by atoms with E-state index in [1.54, 1.807) is 17.5 Å². The van der Waals surface area contributed by atoms with Crippen molar-refractivity contribution in [1.82, 2.24) is 19.9 Å². The molecular weight excluding hydrogens is 342 g/mol. The topological polar surface area (TPSA) is 82.8 Å². The third kappa shape index (κ3) is 2.93. The van der Waals surface area contributed by atoms with Crippen LogP contribution in [0.25, 0.3) is 22.0 Å². The van der Waals surface area contributed by atoms with Gasteiger partial charge in [-0.25, -0.2) is 9.66 Å². The molecule has 0 radical (unpaired) electrons. The van der Waals surface area contributed by atoms with E-state index >= 15 is 0 Å². The van der Waals surface area contributed by atoms with Crippen molar-refractivity contribution in [3.8, 4) is 22.0 Å². The lowest BCUT2D eigenvalue weighted by molar-refractivity contribution is 0.529. The zero-order valence-corrected chi connectivity index (χ0v) is 14.1. The van der Waals surface area contributed by atoms with E-state index in [9.17, 15) is 0 Å². The van der Waals surface area contributed by atoms with E-state index in [2.05, 4.69) is 15.2 Å². The summed E-state index contributed by atoms with van der Waals surface area (Å²) in [5.74, 6) is 8.65. The van der Waals surface area contributed by atoms with Crippen molar-refractivity contribution >= 4 is 23.1 Å². The predicted molar refractivity (Wildman–Crippen MR) is 95.0 cm³/mol. The highest BCUT2D eigenvalue weighted by Crippen LogP contribution is 2.28. The van der Waals surface area contributed by atoms with Crippen LogP contribution < -0.4 is 5.84 Å². The number of aromatic nitrogens is 4. The summed E-state index contributed by atoms with van der Waals surface area (Å²) in [6, 6.07) is 13.8. The minimum atomic E-state index is 0.534. The van der Waals surface area contributed by atoms with Gasteiger partial charge in [-0.1, -0.05) is 48.2 Å².